The minimum atomic E-state index is 0.498. The zero-order valence-electron chi connectivity index (χ0n) is 11.6. The Kier molecular flexibility index (Phi) is 4.20. The second-order valence-corrected chi connectivity index (χ2v) is 5.87. The van der Waals surface area contributed by atoms with E-state index in [2.05, 4.69) is 16.0 Å². The van der Waals surface area contributed by atoms with Gasteiger partial charge in [-0.2, -0.15) is 0 Å². The first-order valence-corrected chi connectivity index (χ1v) is 7.63. The molecule has 1 atom stereocenters. The van der Waals surface area contributed by atoms with Crippen molar-refractivity contribution in [2.75, 3.05) is 13.1 Å². The van der Waals surface area contributed by atoms with Crippen LogP contribution in [-0.2, 0) is 6.54 Å². The lowest BCUT2D eigenvalue weighted by molar-refractivity contribution is 0.145. The minimum absolute atomic E-state index is 0.498. The number of nitrogens with zero attached hydrogens (tertiary/aromatic N) is 2. The van der Waals surface area contributed by atoms with E-state index >= 15 is 0 Å². The number of rotatable bonds is 3. The van der Waals surface area contributed by atoms with E-state index in [0.717, 1.165) is 35.6 Å². The van der Waals surface area contributed by atoms with E-state index in [9.17, 15) is 0 Å². The maximum absolute atomic E-state index is 6.25. The van der Waals surface area contributed by atoms with Crippen LogP contribution in [0.25, 0.3) is 10.9 Å². The number of piperidine rings is 1. The fourth-order valence-corrected chi connectivity index (χ4v) is 3.29. The summed E-state index contributed by atoms with van der Waals surface area (Å²) < 4.78 is 0. The Morgan fingerprint density at radius 1 is 1.30 bits per heavy atom. The Balaban J connectivity index is 1.92. The number of fused-ring (bicyclic) bond motifs is 1. The predicted molar refractivity (Wildman–Crippen MR) is 83.9 cm³/mol. The van der Waals surface area contributed by atoms with Crippen LogP contribution >= 0.6 is 11.6 Å². The molecular weight excluding hydrogens is 270 g/mol. The van der Waals surface area contributed by atoms with E-state index in [1.165, 1.54) is 24.8 Å². The SMILES string of the molecule is NCC1CCCCN1Cc1ccc(Cl)c2cccnc12. The summed E-state index contributed by atoms with van der Waals surface area (Å²) in [5.74, 6) is 0. The lowest BCUT2D eigenvalue weighted by Gasteiger charge is -2.35. The molecular formula is C16H20ClN3. The third-order valence-electron chi connectivity index (χ3n) is 4.19. The number of benzene rings is 1. The molecule has 0 amide bonds. The number of likely N-dealkylation sites (tertiary alicyclic amines) is 1. The molecule has 0 radical (unpaired) electrons. The third kappa shape index (κ3) is 2.66. The first-order valence-electron chi connectivity index (χ1n) is 7.26. The van der Waals surface area contributed by atoms with Crippen LogP contribution in [0, 0.1) is 0 Å². The van der Waals surface area contributed by atoms with E-state index < -0.39 is 0 Å². The molecule has 1 fully saturated rings. The Labute approximate surface area is 124 Å². The van der Waals surface area contributed by atoms with Crippen molar-refractivity contribution in [1.29, 1.82) is 0 Å². The second kappa shape index (κ2) is 6.08. The van der Waals surface area contributed by atoms with Gasteiger partial charge in [-0.05, 0) is 43.1 Å². The average molecular weight is 290 g/mol. The van der Waals surface area contributed by atoms with Gasteiger partial charge in [-0.15, -0.1) is 0 Å². The summed E-state index contributed by atoms with van der Waals surface area (Å²) in [6.07, 6.45) is 5.58. The summed E-state index contributed by atoms with van der Waals surface area (Å²) in [6.45, 7) is 2.77. The molecule has 0 spiro atoms. The Morgan fingerprint density at radius 2 is 2.20 bits per heavy atom. The highest BCUT2D eigenvalue weighted by molar-refractivity contribution is 6.35. The van der Waals surface area contributed by atoms with Crippen LogP contribution in [0.2, 0.25) is 5.02 Å². The van der Waals surface area contributed by atoms with Gasteiger partial charge >= 0.3 is 0 Å². The summed E-state index contributed by atoms with van der Waals surface area (Å²) in [7, 11) is 0. The molecule has 1 saturated heterocycles. The topological polar surface area (TPSA) is 42.1 Å². The lowest BCUT2D eigenvalue weighted by atomic mass is 10.0. The van der Waals surface area contributed by atoms with Gasteiger partial charge < -0.3 is 5.73 Å². The van der Waals surface area contributed by atoms with Crippen LogP contribution in [-0.4, -0.2) is 29.0 Å². The first-order chi connectivity index (χ1) is 9.79. The van der Waals surface area contributed by atoms with Crippen LogP contribution in [0.15, 0.2) is 30.5 Å². The molecule has 2 heterocycles. The van der Waals surface area contributed by atoms with E-state index in [0.29, 0.717) is 6.04 Å². The fourth-order valence-electron chi connectivity index (χ4n) is 3.08. The number of aromatic nitrogens is 1. The van der Waals surface area contributed by atoms with Gasteiger partial charge in [0.2, 0.25) is 0 Å². The molecule has 3 rings (SSSR count). The molecule has 3 nitrogen and oxygen atoms in total. The van der Waals surface area contributed by atoms with Crippen molar-refractivity contribution in [1.82, 2.24) is 9.88 Å². The summed E-state index contributed by atoms with van der Waals surface area (Å²) >= 11 is 6.25. The van der Waals surface area contributed by atoms with Crippen LogP contribution < -0.4 is 5.73 Å². The zero-order chi connectivity index (χ0) is 13.9. The highest BCUT2D eigenvalue weighted by atomic mass is 35.5. The monoisotopic (exact) mass is 289 g/mol. The van der Waals surface area contributed by atoms with Gasteiger partial charge in [0.15, 0.2) is 0 Å². The lowest BCUT2D eigenvalue weighted by Crippen LogP contribution is -2.43. The standard InChI is InChI=1S/C16H20ClN3/c17-15-7-6-12(16-14(15)5-3-8-19-16)11-20-9-2-1-4-13(20)10-18/h3,5-8,13H,1-2,4,9-11,18H2. The molecule has 1 aliphatic rings. The molecule has 1 unspecified atom stereocenters. The van der Waals surface area contributed by atoms with Crippen molar-refractivity contribution < 1.29 is 0 Å². The molecule has 106 valence electrons. The molecule has 0 aliphatic carbocycles. The first kappa shape index (κ1) is 13.8. The highest BCUT2D eigenvalue weighted by Gasteiger charge is 2.21. The average Bonchev–Trinajstić information content (AvgIpc) is 2.51. The third-order valence-corrected chi connectivity index (χ3v) is 4.52. The quantitative estimate of drug-likeness (QED) is 0.943. The van der Waals surface area contributed by atoms with Crippen LogP contribution in [0.5, 0.6) is 0 Å². The molecule has 0 bridgehead atoms. The molecule has 4 heteroatoms. The molecule has 1 aromatic carbocycles. The van der Waals surface area contributed by atoms with Crippen LogP contribution in [0.1, 0.15) is 24.8 Å². The smallest absolute Gasteiger partial charge is 0.0761 e. The van der Waals surface area contributed by atoms with E-state index in [1.807, 2.05) is 24.4 Å². The van der Waals surface area contributed by atoms with Gasteiger partial charge in [0.05, 0.1) is 5.52 Å². The Bertz CT molecular complexity index is 599. The largest absolute Gasteiger partial charge is 0.329 e. The van der Waals surface area contributed by atoms with E-state index in [-0.39, 0.29) is 0 Å². The maximum atomic E-state index is 6.25. The van der Waals surface area contributed by atoms with Crippen molar-refractivity contribution in [2.45, 2.75) is 31.8 Å². The molecule has 20 heavy (non-hydrogen) atoms. The van der Waals surface area contributed by atoms with Crippen molar-refractivity contribution in [3.63, 3.8) is 0 Å². The Morgan fingerprint density at radius 3 is 3.05 bits per heavy atom. The van der Waals surface area contributed by atoms with Gasteiger partial charge in [-0.1, -0.05) is 24.1 Å². The summed E-state index contributed by atoms with van der Waals surface area (Å²) in [4.78, 5) is 7.00. The van der Waals surface area contributed by atoms with Gasteiger partial charge in [-0.3, -0.25) is 9.88 Å². The van der Waals surface area contributed by atoms with Crippen molar-refractivity contribution >= 4 is 22.5 Å². The normalized spacial score (nSPS) is 20.4. The molecule has 1 aliphatic heterocycles. The number of halogens is 1. The number of nitrogens with two attached hydrogens (primary N) is 1. The molecule has 2 aromatic rings. The van der Waals surface area contributed by atoms with Crippen molar-refractivity contribution in [2.24, 2.45) is 5.73 Å². The molecule has 0 saturated carbocycles. The van der Waals surface area contributed by atoms with Crippen molar-refractivity contribution in [3.8, 4) is 0 Å². The van der Waals surface area contributed by atoms with Crippen LogP contribution in [0.3, 0.4) is 0 Å². The summed E-state index contributed by atoms with van der Waals surface area (Å²) in [6, 6.07) is 8.53. The van der Waals surface area contributed by atoms with Crippen molar-refractivity contribution in [3.05, 3.63) is 41.0 Å². The molecule has 2 N–H and O–H groups in total. The second-order valence-electron chi connectivity index (χ2n) is 5.46. The summed E-state index contributed by atoms with van der Waals surface area (Å²) in [5.41, 5.74) is 8.16. The Hall–Kier alpha value is -1.16. The zero-order valence-corrected chi connectivity index (χ0v) is 12.3. The van der Waals surface area contributed by atoms with Gasteiger partial charge in [0.25, 0.3) is 0 Å². The van der Waals surface area contributed by atoms with E-state index in [4.69, 9.17) is 17.3 Å². The number of hydrogen-bond acceptors (Lipinski definition) is 3. The highest BCUT2D eigenvalue weighted by Crippen LogP contribution is 2.27. The number of pyridine rings is 1. The van der Waals surface area contributed by atoms with E-state index in [1.54, 1.807) is 0 Å². The predicted octanol–water partition coefficient (Wildman–Crippen LogP) is 3.20. The van der Waals surface area contributed by atoms with Gasteiger partial charge in [0, 0.05) is 35.7 Å². The number of hydrogen-bond donors (Lipinski definition) is 1. The minimum Gasteiger partial charge on any atom is -0.329 e. The maximum Gasteiger partial charge on any atom is 0.0761 e. The van der Waals surface area contributed by atoms with Gasteiger partial charge in [0.1, 0.15) is 0 Å². The fraction of sp³-hybridized carbons (Fsp3) is 0.438. The summed E-state index contributed by atoms with van der Waals surface area (Å²) in [5, 5.41) is 1.80. The molecule has 1 aromatic heterocycles. The van der Waals surface area contributed by atoms with Gasteiger partial charge in [-0.25, -0.2) is 0 Å². The van der Waals surface area contributed by atoms with Crippen LogP contribution in [0.4, 0.5) is 0 Å².